The van der Waals surface area contributed by atoms with Crippen LogP contribution in [-0.4, -0.2) is 45.8 Å². The number of amides is 2. The molecule has 0 heterocycles. The minimum Gasteiger partial charge on any atom is -0.341 e. The van der Waals surface area contributed by atoms with E-state index in [4.69, 9.17) is 0 Å². The lowest BCUT2D eigenvalue weighted by Gasteiger charge is -2.30. The van der Waals surface area contributed by atoms with Gasteiger partial charge in [0.2, 0.25) is 0 Å². The number of hydrogen-bond donors (Lipinski definition) is 4. The first-order valence-corrected chi connectivity index (χ1v) is 7.95. The second kappa shape index (κ2) is 12.0. The average Bonchev–Trinajstić information content (AvgIpc) is 2.46. The number of carbonyl (C=O) groups excluding carboxylic acids is 1. The van der Waals surface area contributed by atoms with E-state index < -0.39 is 0 Å². The Bertz CT molecular complexity index is 234. The summed E-state index contributed by atoms with van der Waals surface area (Å²) in [5.74, 6) is 0. The molecule has 0 aromatic carbocycles. The highest BCUT2D eigenvalue weighted by molar-refractivity contribution is 5.73. The van der Waals surface area contributed by atoms with Crippen LogP contribution < -0.4 is 21.3 Å². The SMILES string of the molecule is CCCCNCC(C)(CNCCCC)CNC(=O)NC. The van der Waals surface area contributed by atoms with Gasteiger partial charge >= 0.3 is 6.03 Å². The molecular weight excluding hydrogens is 252 g/mol. The fourth-order valence-electron chi connectivity index (χ4n) is 1.95. The summed E-state index contributed by atoms with van der Waals surface area (Å²) < 4.78 is 0. The first-order valence-electron chi connectivity index (χ1n) is 7.95. The van der Waals surface area contributed by atoms with Crippen molar-refractivity contribution in [3.8, 4) is 0 Å². The Hall–Kier alpha value is -0.810. The van der Waals surface area contributed by atoms with Crippen LogP contribution in [0.1, 0.15) is 46.5 Å². The molecule has 2 amide bonds. The van der Waals surface area contributed by atoms with Crippen LogP contribution in [0.2, 0.25) is 0 Å². The van der Waals surface area contributed by atoms with Gasteiger partial charge < -0.3 is 21.3 Å². The lowest BCUT2D eigenvalue weighted by Crippen LogP contribution is -2.49. The van der Waals surface area contributed by atoms with Gasteiger partial charge in [0, 0.05) is 32.1 Å². The number of rotatable bonds is 12. The van der Waals surface area contributed by atoms with Crippen LogP contribution in [0, 0.1) is 5.41 Å². The maximum Gasteiger partial charge on any atom is 0.314 e. The summed E-state index contributed by atoms with van der Waals surface area (Å²) in [7, 11) is 1.64. The van der Waals surface area contributed by atoms with E-state index in [0.29, 0.717) is 6.54 Å². The molecule has 0 atom stereocenters. The highest BCUT2D eigenvalue weighted by Crippen LogP contribution is 2.12. The lowest BCUT2D eigenvalue weighted by atomic mass is 9.90. The maximum absolute atomic E-state index is 11.3. The molecule has 0 bridgehead atoms. The molecule has 5 heteroatoms. The lowest BCUT2D eigenvalue weighted by molar-refractivity contribution is 0.229. The minimum atomic E-state index is -0.113. The Labute approximate surface area is 124 Å². The van der Waals surface area contributed by atoms with Crippen LogP contribution in [0.3, 0.4) is 0 Å². The van der Waals surface area contributed by atoms with Gasteiger partial charge in [-0.05, 0) is 25.9 Å². The Morgan fingerprint density at radius 1 is 0.950 bits per heavy atom. The summed E-state index contributed by atoms with van der Waals surface area (Å²) in [6.07, 6.45) is 4.80. The zero-order chi connectivity index (χ0) is 15.3. The Kier molecular flexibility index (Phi) is 11.5. The van der Waals surface area contributed by atoms with Gasteiger partial charge in [0.1, 0.15) is 0 Å². The average molecular weight is 286 g/mol. The van der Waals surface area contributed by atoms with E-state index in [2.05, 4.69) is 42.0 Å². The molecule has 0 rings (SSSR count). The molecule has 0 saturated heterocycles. The van der Waals surface area contributed by atoms with Crippen molar-refractivity contribution in [1.29, 1.82) is 0 Å². The standard InChI is InChI=1S/C15H34N4O/c1-5-7-9-17-11-15(3,12-18-10-8-6-2)13-19-14(20)16-4/h17-18H,5-13H2,1-4H3,(H2,16,19,20). The first kappa shape index (κ1) is 19.2. The number of carbonyl (C=O) groups is 1. The number of urea groups is 1. The summed E-state index contributed by atoms with van der Waals surface area (Å²) in [6, 6.07) is -0.113. The summed E-state index contributed by atoms with van der Waals surface area (Å²) in [5, 5.41) is 12.5. The van der Waals surface area contributed by atoms with Crippen molar-refractivity contribution in [2.75, 3.05) is 39.8 Å². The van der Waals surface area contributed by atoms with E-state index in [1.54, 1.807) is 7.05 Å². The van der Waals surface area contributed by atoms with E-state index >= 15 is 0 Å². The quantitative estimate of drug-likeness (QED) is 0.413. The third-order valence-electron chi connectivity index (χ3n) is 3.42. The molecule has 0 spiro atoms. The largest absolute Gasteiger partial charge is 0.341 e. The van der Waals surface area contributed by atoms with Crippen LogP contribution >= 0.6 is 0 Å². The highest BCUT2D eigenvalue weighted by Gasteiger charge is 2.24. The van der Waals surface area contributed by atoms with Crippen molar-refractivity contribution in [2.24, 2.45) is 5.41 Å². The molecular formula is C15H34N4O. The van der Waals surface area contributed by atoms with E-state index in [-0.39, 0.29) is 11.4 Å². The van der Waals surface area contributed by atoms with Gasteiger partial charge in [-0.2, -0.15) is 0 Å². The van der Waals surface area contributed by atoms with Crippen LogP contribution in [0.15, 0.2) is 0 Å². The monoisotopic (exact) mass is 286 g/mol. The van der Waals surface area contributed by atoms with Gasteiger partial charge in [-0.15, -0.1) is 0 Å². The van der Waals surface area contributed by atoms with Gasteiger partial charge in [0.05, 0.1) is 0 Å². The zero-order valence-electron chi connectivity index (χ0n) is 13.8. The highest BCUT2D eigenvalue weighted by atomic mass is 16.2. The number of hydrogen-bond acceptors (Lipinski definition) is 3. The van der Waals surface area contributed by atoms with Crippen molar-refractivity contribution in [1.82, 2.24) is 21.3 Å². The smallest absolute Gasteiger partial charge is 0.314 e. The van der Waals surface area contributed by atoms with Gasteiger partial charge in [-0.1, -0.05) is 33.6 Å². The Morgan fingerprint density at radius 3 is 1.85 bits per heavy atom. The summed E-state index contributed by atoms with van der Waals surface area (Å²) in [5.41, 5.74) is 0.0357. The molecule has 0 aliphatic carbocycles. The van der Waals surface area contributed by atoms with Crippen molar-refractivity contribution < 1.29 is 4.79 Å². The summed E-state index contributed by atoms with van der Waals surface area (Å²) in [6.45, 7) is 11.2. The van der Waals surface area contributed by atoms with Crippen LogP contribution in [0.4, 0.5) is 4.79 Å². The molecule has 5 nitrogen and oxygen atoms in total. The topological polar surface area (TPSA) is 65.2 Å². The van der Waals surface area contributed by atoms with Crippen LogP contribution in [0.25, 0.3) is 0 Å². The van der Waals surface area contributed by atoms with Crippen LogP contribution in [-0.2, 0) is 0 Å². The predicted octanol–water partition coefficient (Wildman–Crippen LogP) is 1.70. The molecule has 0 aliphatic rings. The van der Waals surface area contributed by atoms with Gasteiger partial charge in [-0.3, -0.25) is 0 Å². The second-order valence-electron chi connectivity index (χ2n) is 5.80. The normalized spacial score (nSPS) is 11.4. The molecule has 0 saturated carbocycles. The number of nitrogens with one attached hydrogen (secondary N) is 4. The molecule has 0 aromatic rings. The van der Waals surface area contributed by atoms with E-state index in [9.17, 15) is 4.79 Å². The molecule has 0 aromatic heterocycles. The predicted molar refractivity (Wildman–Crippen MR) is 86.1 cm³/mol. The van der Waals surface area contributed by atoms with Crippen molar-refractivity contribution in [2.45, 2.75) is 46.5 Å². The molecule has 0 fully saturated rings. The summed E-state index contributed by atoms with van der Waals surface area (Å²) in [4.78, 5) is 11.3. The Morgan fingerprint density at radius 2 is 1.45 bits per heavy atom. The second-order valence-corrected chi connectivity index (χ2v) is 5.80. The molecule has 120 valence electrons. The molecule has 0 radical (unpaired) electrons. The molecule has 20 heavy (non-hydrogen) atoms. The van der Waals surface area contributed by atoms with E-state index in [1.165, 1.54) is 25.7 Å². The summed E-state index contributed by atoms with van der Waals surface area (Å²) >= 11 is 0. The van der Waals surface area contributed by atoms with Crippen molar-refractivity contribution in [3.05, 3.63) is 0 Å². The van der Waals surface area contributed by atoms with E-state index in [0.717, 1.165) is 26.2 Å². The fourth-order valence-corrected chi connectivity index (χ4v) is 1.95. The third-order valence-corrected chi connectivity index (χ3v) is 3.42. The van der Waals surface area contributed by atoms with Crippen molar-refractivity contribution in [3.63, 3.8) is 0 Å². The zero-order valence-corrected chi connectivity index (χ0v) is 13.8. The van der Waals surface area contributed by atoms with Gasteiger partial charge in [0.25, 0.3) is 0 Å². The fraction of sp³-hybridized carbons (Fsp3) is 0.933. The molecule has 0 unspecified atom stereocenters. The van der Waals surface area contributed by atoms with E-state index in [1.807, 2.05) is 0 Å². The minimum absolute atomic E-state index is 0.0357. The van der Waals surface area contributed by atoms with Gasteiger partial charge in [-0.25, -0.2) is 4.79 Å². The molecule has 4 N–H and O–H groups in total. The first-order chi connectivity index (χ1) is 9.58. The van der Waals surface area contributed by atoms with Gasteiger partial charge in [0.15, 0.2) is 0 Å². The Balaban J connectivity index is 4.15. The van der Waals surface area contributed by atoms with Crippen molar-refractivity contribution >= 4 is 6.03 Å². The number of unbranched alkanes of at least 4 members (excludes halogenated alkanes) is 2. The van der Waals surface area contributed by atoms with Crippen LogP contribution in [0.5, 0.6) is 0 Å². The third kappa shape index (κ3) is 10.0. The molecule has 0 aliphatic heterocycles. The maximum atomic E-state index is 11.3.